The summed E-state index contributed by atoms with van der Waals surface area (Å²) in [5.74, 6) is 0.415. The van der Waals surface area contributed by atoms with Crippen molar-refractivity contribution in [2.75, 3.05) is 56.7 Å². The Morgan fingerprint density at radius 1 is 0.974 bits per heavy atom. The number of methoxy groups -OCH3 is 3. The number of benzene rings is 3. The maximum absolute atomic E-state index is 13.9. The average Bonchev–Trinajstić information content (AvgIpc) is 3.36. The molecule has 1 heterocycles. The molecule has 0 saturated heterocycles. The molecule has 3 aromatic rings. The second kappa shape index (κ2) is 12.5. The molecule has 4 rings (SSSR count). The van der Waals surface area contributed by atoms with Crippen LogP contribution < -0.4 is 28.7 Å². The van der Waals surface area contributed by atoms with Crippen molar-refractivity contribution in [2.24, 2.45) is 0 Å². The van der Waals surface area contributed by atoms with E-state index in [-0.39, 0.29) is 22.1 Å². The predicted octanol–water partition coefficient (Wildman–Crippen LogP) is 4.13. The van der Waals surface area contributed by atoms with Crippen molar-refractivity contribution in [3.05, 3.63) is 71.2 Å². The third-order valence-corrected chi connectivity index (χ3v) is 8.54. The van der Waals surface area contributed by atoms with Gasteiger partial charge in [-0.15, -0.1) is 0 Å². The van der Waals surface area contributed by atoms with Crippen molar-refractivity contribution in [2.45, 2.75) is 17.7 Å². The molecule has 39 heavy (non-hydrogen) atoms. The van der Waals surface area contributed by atoms with Crippen LogP contribution in [0.2, 0.25) is 5.02 Å². The molecule has 0 bridgehead atoms. The quantitative estimate of drug-likeness (QED) is 0.325. The Hall–Kier alpha value is -3.63. The molecule has 1 amide bonds. The fourth-order valence-corrected chi connectivity index (χ4v) is 6.19. The summed E-state index contributed by atoms with van der Waals surface area (Å²) in [6.45, 7) is 1.65. The molecule has 0 radical (unpaired) electrons. The topological polar surface area (TPSA) is 97.4 Å². The number of fused-ring (bicyclic) bond motifs is 1. The third kappa shape index (κ3) is 6.34. The number of halogens is 1. The fourth-order valence-electron chi connectivity index (χ4n) is 4.58. The lowest BCUT2D eigenvalue weighted by Crippen LogP contribution is -2.41. The van der Waals surface area contributed by atoms with Gasteiger partial charge in [0.15, 0.2) is 11.5 Å². The molecule has 208 valence electrons. The molecule has 0 spiro atoms. The Balaban J connectivity index is 1.52. The minimum Gasteiger partial charge on any atom is -0.495 e. The lowest BCUT2D eigenvalue weighted by Gasteiger charge is -2.26. The Kier molecular flexibility index (Phi) is 9.08. The van der Waals surface area contributed by atoms with E-state index in [9.17, 15) is 13.2 Å². The highest BCUT2D eigenvalue weighted by Gasteiger charge is 2.30. The molecule has 1 N–H and O–H groups in total. The zero-order valence-electron chi connectivity index (χ0n) is 22.1. The van der Waals surface area contributed by atoms with Gasteiger partial charge in [0.1, 0.15) is 12.3 Å². The zero-order chi connectivity index (χ0) is 28.0. The second-order valence-electron chi connectivity index (χ2n) is 8.91. The van der Waals surface area contributed by atoms with Crippen LogP contribution in [0.3, 0.4) is 0 Å². The molecular formula is C28H32ClN3O6S. The summed E-state index contributed by atoms with van der Waals surface area (Å²) in [7, 11) is 0.0552. The number of rotatable bonds is 12. The lowest BCUT2D eigenvalue weighted by molar-refractivity contribution is -0.119. The molecule has 11 heteroatoms. The third-order valence-electron chi connectivity index (χ3n) is 6.55. The number of para-hydroxylation sites is 1. The number of nitrogens with zero attached hydrogens (tertiary/aromatic N) is 2. The van der Waals surface area contributed by atoms with E-state index in [4.69, 9.17) is 25.8 Å². The number of carbonyl (C=O) groups excluding carboxylic acids is 1. The highest BCUT2D eigenvalue weighted by atomic mass is 35.5. The van der Waals surface area contributed by atoms with E-state index >= 15 is 0 Å². The van der Waals surface area contributed by atoms with Crippen LogP contribution in [-0.2, 0) is 21.2 Å². The summed E-state index contributed by atoms with van der Waals surface area (Å²) in [6, 6.07) is 17.1. The van der Waals surface area contributed by atoms with Crippen LogP contribution in [0.15, 0.2) is 65.6 Å². The van der Waals surface area contributed by atoms with E-state index in [1.807, 2.05) is 12.1 Å². The van der Waals surface area contributed by atoms with Crippen LogP contribution in [0.25, 0.3) is 0 Å². The highest BCUT2D eigenvalue weighted by molar-refractivity contribution is 7.92. The molecule has 0 atom stereocenters. The molecule has 0 fully saturated rings. The maximum atomic E-state index is 13.9. The van der Waals surface area contributed by atoms with Gasteiger partial charge >= 0.3 is 0 Å². The Bertz CT molecular complexity index is 1430. The summed E-state index contributed by atoms with van der Waals surface area (Å²) < 4.78 is 44.7. The van der Waals surface area contributed by atoms with Gasteiger partial charge in [0, 0.05) is 36.4 Å². The summed E-state index contributed by atoms with van der Waals surface area (Å²) in [5, 5.41) is 3.15. The number of carbonyl (C=O) groups is 1. The normalized spacial score (nSPS) is 12.6. The molecule has 0 saturated carbocycles. The van der Waals surface area contributed by atoms with Crippen LogP contribution in [0.5, 0.6) is 17.2 Å². The summed E-state index contributed by atoms with van der Waals surface area (Å²) in [5.41, 5.74) is 2.70. The summed E-state index contributed by atoms with van der Waals surface area (Å²) >= 11 is 6.22. The molecule has 3 aromatic carbocycles. The average molecular weight is 574 g/mol. The van der Waals surface area contributed by atoms with Gasteiger partial charge in [0.05, 0.1) is 31.9 Å². The number of nitrogens with one attached hydrogen (secondary N) is 1. The number of hydrogen-bond donors (Lipinski definition) is 1. The van der Waals surface area contributed by atoms with E-state index < -0.39 is 22.5 Å². The first-order valence-electron chi connectivity index (χ1n) is 12.5. The minimum absolute atomic E-state index is 0.0809. The van der Waals surface area contributed by atoms with Crippen molar-refractivity contribution >= 4 is 38.9 Å². The zero-order valence-corrected chi connectivity index (χ0v) is 23.7. The van der Waals surface area contributed by atoms with Gasteiger partial charge in [0.25, 0.3) is 10.0 Å². The standard InChI is InChI=1S/C28H32ClN3O6S/c1-36-25-11-9-21(29)17-24(25)32(39(34,35)22-10-12-26(37-2)27(18-22)38-3)19-28(33)30-14-6-15-31-16-13-20-7-4-5-8-23(20)31/h4-5,7-12,17-18H,6,13-16,19H2,1-3H3,(H,30,33). The van der Waals surface area contributed by atoms with E-state index in [2.05, 4.69) is 22.3 Å². The monoisotopic (exact) mass is 573 g/mol. The maximum Gasteiger partial charge on any atom is 0.265 e. The van der Waals surface area contributed by atoms with Gasteiger partial charge in [-0.2, -0.15) is 0 Å². The van der Waals surface area contributed by atoms with Gasteiger partial charge < -0.3 is 24.4 Å². The molecule has 0 aromatic heterocycles. The number of hydrogen-bond acceptors (Lipinski definition) is 7. The van der Waals surface area contributed by atoms with Gasteiger partial charge in [0.2, 0.25) is 5.91 Å². The predicted molar refractivity (Wildman–Crippen MR) is 152 cm³/mol. The highest BCUT2D eigenvalue weighted by Crippen LogP contribution is 2.37. The number of sulfonamides is 1. The molecular weight excluding hydrogens is 542 g/mol. The van der Waals surface area contributed by atoms with E-state index in [1.165, 1.54) is 56.8 Å². The first-order chi connectivity index (χ1) is 18.8. The van der Waals surface area contributed by atoms with Crippen LogP contribution in [0, 0.1) is 0 Å². The van der Waals surface area contributed by atoms with Crippen molar-refractivity contribution in [3.63, 3.8) is 0 Å². The first-order valence-corrected chi connectivity index (χ1v) is 14.3. The van der Waals surface area contributed by atoms with Crippen molar-refractivity contribution in [1.82, 2.24) is 5.32 Å². The first kappa shape index (κ1) is 28.4. The van der Waals surface area contributed by atoms with Crippen LogP contribution >= 0.6 is 11.6 Å². The number of amides is 1. The Morgan fingerprint density at radius 2 is 1.69 bits per heavy atom. The number of anilines is 2. The summed E-state index contributed by atoms with van der Waals surface area (Å²) in [4.78, 5) is 15.3. The smallest absolute Gasteiger partial charge is 0.265 e. The van der Waals surface area contributed by atoms with Gasteiger partial charge in [-0.3, -0.25) is 9.10 Å². The second-order valence-corrected chi connectivity index (χ2v) is 11.2. The Labute approximate surface area is 234 Å². The van der Waals surface area contributed by atoms with E-state index in [1.54, 1.807) is 12.1 Å². The van der Waals surface area contributed by atoms with Crippen molar-refractivity contribution < 1.29 is 27.4 Å². The molecule has 1 aliphatic rings. The number of ether oxygens (including phenoxy) is 3. The largest absolute Gasteiger partial charge is 0.495 e. The van der Waals surface area contributed by atoms with Crippen LogP contribution in [0.4, 0.5) is 11.4 Å². The SMILES string of the molecule is COc1ccc(S(=O)(=O)N(CC(=O)NCCCN2CCc3ccccc32)c2cc(Cl)ccc2OC)cc1OC. The summed E-state index contributed by atoms with van der Waals surface area (Å²) in [6.07, 6.45) is 1.72. The fraction of sp³-hybridized carbons (Fsp3) is 0.321. The van der Waals surface area contributed by atoms with Crippen LogP contribution in [-0.4, -0.2) is 61.8 Å². The molecule has 0 unspecified atom stereocenters. The molecule has 9 nitrogen and oxygen atoms in total. The van der Waals surface area contributed by atoms with E-state index in [0.717, 1.165) is 23.8 Å². The molecule has 1 aliphatic heterocycles. The van der Waals surface area contributed by atoms with E-state index in [0.29, 0.717) is 23.7 Å². The minimum atomic E-state index is -4.24. The van der Waals surface area contributed by atoms with Crippen molar-refractivity contribution in [3.8, 4) is 17.2 Å². The Morgan fingerprint density at radius 3 is 2.44 bits per heavy atom. The van der Waals surface area contributed by atoms with Crippen LogP contribution in [0.1, 0.15) is 12.0 Å². The molecule has 0 aliphatic carbocycles. The van der Waals surface area contributed by atoms with Gasteiger partial charge in [-0.25, -0.2) is 8.42 Å². The van der Waals surface area contributed by atoms with Crippen molar-refractivity contribution in [1.29, 1.82) is 0 Å². The lowest BCUT2D eigenvalue weighted by atomic mass is 10.2. The van der Waals surface area contributed by atoms with Gasteiger partial charge in [-0.1, -0.05) is 29.8 Å². The van der Waals surface area contributed by atoms with Gasteiger partial charge in [-0.05, 0) is 54.8 Å².